The van der Waals surface area contributed by atoms with Crippen LogP contribution in [-0.2, 0) is 5.16 Å². The van der Waals surface area contributed by atoms with E-state index in [9.17, 15) is 0 Å². The largest absolute Gasteiger partial charge is 0.264 e. The van der Waals surface area contributed by atoms with E-state index in [-0.39, 0.29) is 5.16 Å². The number of nitrogens with zero attached hydrogens (tertiary/aromatic N) is 2. The summed E-state index contributed by atoms with van der Waals surface area (Å²) in [5.41, 5.74) is 6.94. The first-order valence-electron chi connectivity index (χ1n) is 15.2. The molecule has 6 heteroatoms. The molecule has 5 aliphatic carbocycles. The van der Waals surface area contributed by atoms with Gasteiger partial charge >= 0.3 is 0 Å². The van der Waals surface area contributed by atoms with E-state index in [1.54, 1.807) is 5.57 Å². The molecule has 0 spiro atoms. The molecule has 208 valence electrons. The summed E-state index contributed by atoms with van der Waals surface area (Å²) in [6, 6.07) is 8.84. The Morgan fingerprint density at radius 2 is 1.46 bits per heavy atom. The van der Waals surface area contributed by atoms with E-state index < -0.39 is 16.1 Å². The summed E-state index contributed by atoms with van der Waals surface area (Å²) < 4.78 is 0. The first kappa shape index (κ1) is 28.2. The molecule has 2 aromatic rings. The third-order valence-electron chi connectivity index (χ3n) is 10.9. The number of aromatic nitrogens is 2. The number of rotatable bonds is 7. The zero-order valence-electron chi connectivity index (χ0n) is 24.9. The fourth-order valence-corrected chi connectivity index (χ4v) is 17.6. The monoisotopic (exact) mass is 590 g/mol. The van der Waals surface area contributed by atoms with Gasteiger partial charge in [0.05, 0.1) is 21.3 Å². The van der Waals surface area contributed by atoms with Crippen LogP contribution in [0.1, 0.15) is 43.2 Å². The van der Waals surface area contributed by atoms with Gasteiger partial charge in [0.15, 0.2) is 0 Å². The molecule has 2 heterocycles. The van der Waals surface area contributed by atoms with Gasteiger partial charge in [-0.1, -0.05) is 68.3 Å². The highest BCUT2D eigenvalue weighted by Crippen LogP contribution is 2.71. The molecular formula is C33H48N2P2Si2. The van der Waals surface area contributed by atoms with Crippen LogP contribution in [0.4, 0.5) is 0 Å². The van der Waals surface area contributed by atoms with Crippen molar-refractivity contribution in [3.63, 3.8) is 0 Å². The molecular weight excluding hydrogens is 542 g/mol. The molecule has 2 aromatic heterocycles. The molecule has 5 aliphatic rings. The zero-order chi connectivity index (χ0) is 27.8. The normalized spacial score (nSPS) is 32.6. The molecule has 0 radical (unpaired) electrons. The minimum absolute atomic E-state index is 0.320. The molecule has 4 bridgehead atoms. The smallest absolute Gasteiger partial charge is 0.0728 e. The molecule has 4 saturated carbocycles. The van der Waals surface area contributed by atoms with Crippen LogP contribution in [0.3, 0.4) is 0 Å². The Labute approximate surface area is 243 Å². The third kappa shape index (κ3) is 4.46. The molecule has 6 unspecified atom stereocenters. The van der Waals surface area contributed by atoms with Crippen LogP contribution in [0.25, 0.3) is 0 Å². The lowest BCUT2D eigenvalue weighted by Gasteiger charge is -2.64. The number of hydrogen-bond acceptors (Lipinski definition) is 2. The van der Waals surface area contributed by atoms with Crippen molar-refractivity contribution in [2.75, 3.05) is 6.16 Å². The topological polar surface area (TPSA) is 25.8 Å². The Hall–Kier alpha value is -0.926. The van der Waals surface area contributed by atoms with Gasteiger partial charge < -0.3 is 0 Å². The quantitative estimate of drug-likeness (QED) is 0.238. The minimum Gasteiger partial charge on any atom is -0.264 e. The van der Waals surface area contributed by atoms with Gasteiger partial charge in [-0.05, 0) is 102 Å². The average Bonchev–Trinajstić information content (AvgIpc) is 3.33. The lowest BCUT2D eigenvalue weighted by atomic mass is 9.43. The Bertz CT molecular complexity index is 1240. The van der Waals surface area contributed by atoms with Crippen LogP contribution >= 0.6 is 18.5 Å². The second kappa shape index (κ2) is 9.83. The van der Waals surface area contributed by atoms with Crippen LogP contribution in [0, 0.1) is 29.1 Å². The summed E-state index contributed by atoms with van der Waals surface area (Å²) in [4.78, 5) is 9.34. The maximum absolute atomic E-state index is 4.67. The van der Waals surface area contributed by atoms with Crippen LogP contribution in [0.5, 0.6) is 0 Å². The molecule has 0 aliphatic heterocycles. The van der Waals surface area contributed by atoms with Gasteiger partial charge in [-0.2, -0.15) is 0 Å². The highest BCUT2D eigenvalue weighted by atomic mass is 31.0. The number of hydrogen-bond donors (Lipinski definition) is 0. The average molecular weight is 591 g/mol. The standard InChI is InChI=1S/C33H48N2P2Si2/c1-38(2,3)29-16-27(33(37,25-9-7-11-34-19-25)26-10-8-12-35-20-26)30(31(29)39(4,5)6)32-17-22-13-23(18-32)15-24(14-22)28(32)21-36/h7-12,16,19-20,22-24,28,31H,13-15,17-18,21,36-37H2,1-6H3. The molecule has 0 aromatic carbocycles. The maximum Gasteiger partial charge on any atom is 0.0728 e. The SMILES string of the molecule is C[Si](C)(C)C1=CC(C(P)(c2cccnc2)c2cccnc2)=C(C23CC4CC(CC(C4)C2CP)C3)C1[Si](C)(C)C. The van der Waals surface area contributed by atoms with Gasteiger partial charge in [-0.15, -0.1) is 18.5 Å². The summed E-state index contributed by atoms with van der Waals surface area (Å²) in [7, 11) is 3.41. The van der Waals surface area contributed by atoms with E-state index in [2.05, 4.69) is 110 Å². The van der Waals surface area contributed by atoms with Crippen molar-refractivity contribution in [3.05, 3.63) is 82.6 Å². The molecule has 4 fully saturated rings. The van der Waals surface area contributed by atoms with Gasteiger partial charge in [-0.3, -0.25) is 9.97 Å². The Morgan fingerprint density at radius 3 is 1.90 bits per heavy atom. The molecule has 0 amide bonds. The van der Waals surface area contributed by atoms with E-state index in [1.165, 1.54) is 49.4 Å². The Morgan fingerprint density at radius 1 is 0.897 bits per heavy atom. The summed E-state index contributed by atoms with van der Waals surface area (Å²) in [5, 5.41) is 1.45. The lowest BCUT2D eigenvalue weighted by Crippen LogP contribution is -2.56. The summed E-state index contributed by atoms with van der Waals surface area (Å²) in [6.07, 6.45) is 19.3. The van der Waals surface area contributed by atoms with Crippen molar-refractivity contribution in [1.29, 1.82) is 0 Å². The predicted octanol–water partition coefficient (Wildman–Crippen LogP) is 8.74. The van der Waals surface area contributed by atoms with Crippen molar-refractivity contribution in [1.82, 2.24) is 9.97 Å². The van der Waals surface area contributed by atoms with Gasteiger partial charge in [0.2, 0.25) is 0 Å². The van der Waals surface area contributed by atoms with E-state index in [4.69, 9.17) is 0 Å². The van der Waals surface area contributed by atoms with Crippen LogP contribution in [-0.4, -0.2) is 32.3 Å². The number of allylic oxidation sites excluding steroid dienone is 4. The van der Waals surface area contributed by atoms with Crippen LogP contribution in [0.2, 0.25) is 44.8 Å². The van der Waals surface area contributed by atoms with Crippen molar-refractivity contribution in [2.45, 2.75) is 82.1 Å². The first-order valence-corrected chi connectivity index (χ1v) is 23.6. The van der Waals surface area contributed by atoms with Gasteiger partial charge in [0.1, 0.15) is 0 Å². The lowest BCUT2D eigenvalue weighted by molar-refractivity contribution is -0.0791. The van der Waals surface area contributed by atoms with Gasteiger partial charge in [0, 0.05) is 24.8 Å². The van der Waals surface area contributed by atoms with Crippen molar-refractivity contribution in [2.24, 2.45) is 29.1 Å². The van der Waals surface area contributed by atoms with Gasteiger partial charge in [-0.25, -0.2) is 0 Å². The highest BCUT2D eigenvalue weighted by molar-refractivity contribution is 7.19. The van der Waals surface area contributed by atoms with E-state index in [0.717, 1.165) is 23.7 Å². The van der Waals surface area contributed by atoms with E-state index in [1.807, 2.05) is 23.2 Å². The maximum atomic E-state index is 4.67. The highest BCUT2D eigenvalue weighted by Gasteiger charge is 2.62. The molecule has 39 heavy (non-hydrogen) atoms. The van der Waals surface area contributed by atoms with Gasteiger partial charge in [0.25, 0.3) is 0 Å². The minimum atomic E-state index is -1.62. The Kier molecular flexibility index (Phi) is 7.11. The van der Waals surface area contributed by atoms with E-state index in [0.29, 0.717) is 11.0 Å². The summed E-state index contributed by atoms with van der Waals surface area (Å²) in [5.74, 6) is 3.51. The molecule has 7 rings (SSSR count). The van der Waals surface area contributed by atoms with E-state index >= 15 is 0 Å². The number of pyridine rings is 2. The first-order chi connectivity index (χ1) is 18.4. The zero-order valence-corrected chi connectivity index (χ0v) is 29.2. The fraction of sp³-hybridized carbons (Fsp3) is 0.576. The molecule has 0 saturated heterocycles. The van der Waals surface area contributed by atoms with Crippen LogP contribution in [0.15, 0.2) is 71.5 Å². The second-order valence-corrected chi connectivity index (χ2v) is 27.1. The molecule has 2 nitrogen and oxygen atoms in total. The predicted molar refractivity (Wildman–Crippen MR) is 179 cm³/mol. The van der Waals surface area contributed by atoms with Crippen molar-refractivity contribution >= 4 is 34.6 Å². The second-order valence-electron chi connectivity index (χ2n) is 15.4. The summed E-state index contributed by atoms with van der Waals surface area (Å²) >= 11 is 0. The van der Waals surface area contributed by atoms with Crippen molar-refractivity contribution < 1.29 is 0 Å². The Balaban J connectivity index is 1.71. The fourth-order valence-electron chi connectivity index (χ4n) is 9.71. The molecule has 0 N–H and O–H groups in total. The van der Waals surface area contributed by atoms with Crippen LogP contribution < -0.4 is 0 Å². The third-order valence-corrected chi connectivity index (χ3v) is 17.2. The van der Waals surface area contributed by atoms with Crippen molar-refractivity contribution in [3.8, 4) is 0 Å². The summed E-state index contributed by atoms with van der Waals surface area (Å²) in [6.45, 7) is 15.8. The molecule has 6 atom stereocenters.